The zero-order valence-corrected chi connectivity index (χ0v) is 16.8. The van der Waals surface area contributed by atoms with Crippen LogP contribution in [0.25, 0.3) is 16.9 Å². The summed E-state index contributed by atoms with van der Waals surface area (Å²) in [5, 5.41) is 3.10. The van der Waals surface area contributed by atoms with Crippen LogP contribution in [-0.4, -0.2) is 54.8 Å². The number of carbonyl (C=O) groups is 1. The third-order valence-corrected chi connectivity index (χ3v) is 5.39. The van der Waals surface area contributed by atoms with Crippen molar-refractivity contribution in [3.8, 4) is 16.9 Å². The highest BCUT2D eigenvalue weighted by Crippen LogP contribution is 2.29. The van der Waals surface area contributed by atoms with Crippen molar-refractivity contribution in [2.24, 2.45) is 0 Å². The number of ether oxygens (including phenoxy) is 1. The minimum absolute atomic E-state index is 0.0254. The van der Waals surface area contributed by atoms with Crippen LogP contribution in [0.1, 0.15) is 16.1 Å². The van der Waals surface area contributed by atoms with Crippen molar-refractivity contribution in [2.45, 2.75) is 6.92 Å². The maximum atomic E-state index is 13.0. The van der Waals surface area contributed by atoms with Gasteiger partial charge in [0, 0.05) is 37.6 Å². The van der Waals surface area contributed by atoms with Gasteiger partial charge in [-0.1, -0.05) is 48.5 Å². The van der Waals surface area contributed by atoms with Crippen LogP contribution in [-0.2, 0) is 4.74 Å². The van der Waals surface area contributed by atoms with E-state index in [0.29, 0.717) is 6.54 Å². The van der Waals surface area contributed by atoms with Gasteiger partial charge in [0.1, 0.15) is 0 Å². The lowest BCUT2D eigenvalue weighted by Gasteiger charge is -2.26. The van der Waals surface area contributed by atoms with Gasteiger partial charge in [-0.15, -0.1) is 0 Å². The van der Waals surface area contributed by atoms with Crippen LogP contribution in [0, 0.1) is 6.92 Å². The molecule has 0 atom stereocenters. The molecule has 1 amide bonds. The summed E-state index contributed by atoms with van der Waals surface area (Å²) in [4.78, 5) is 15.3. The van der Waals surface area contributed by atoms with Crippen LogP contribution >= 0.6 is 0 Å². The molecule has 0 unspecified atom stereocenters. The Balaban J connectivity index is 1.58. The zero-order valence-electron chi connectivity index (χ0n) is 16.8. The summed E-state index contributed by atoms with van der Waals surface area (Å²) in [7, 11) is 0. The predicted molar refractivity (Wildman–Crippen MR) is 116 cm³/mol. The molecule has 5 nitrogen and oxygen atoms in total. The fourth-order valence-electron chi connectivity index (χ4n) is 3.82. The summed E-state index contributed by atoms with van der Waals surface area (Å²) < 4.78 is 7.54. The number of hydrogen-bond acceptors (Lipinski definition) is 3. The van der Waals surface area contributed by atoms with E-state index < -0.39 is 0 Å². The zero-order chi connectivity index (χ0) is 20.1. The molecule has 0 spiro atoms. The van der Waals surface area contributed by atoms with Crippen molar-refractivity contribution in [1.29, 1.82) is 0 Å². The number of morpholine rings is 1. The maximum absolute atomic E-state index is 13.0. The third kappa shape index (κ3) is 4.42. The van der Waals surface area contributed by atoms with Crippen molar-refractivity contribution in [3.05, 3.63) is 78.0 Å². The van der Waals surface area contributed by atoms with E-state index in [-0.39, 0.29) is 5.91 Å². The summed E-state index contributed by atoms with van der Waals surface area (Å²) in [5.74, 6) is -0.0254. The Bertz CT molecular complexity index is 945. The molecule has 1 aromatic heterocycles. The van der Waals surface area contributed by atoms with E-state index >= 15 is 0 Å². The second-order valence-corrected chi connectivity index (χ2v) is 7.28. The lowest BCUT2D eigenvalue weighted by atomic mass is 10.1. The summed E-state index contributed by atoms with van der Waals surface area (Å²) in [6.45, 7) is 6.89. The van der Waals surface area contributed by atoms with Crippen molar-refractivity contribution in [3.63, 3.8) is 0 Å². The van der Waals surface area contributed by atoms with Crippen LogP contribution in [0.2, 0.25) is 0 Å². The van der Waals surface area contributed by atoms with E-state index in [0.717, 1.165) is 61.1 Å². The van der Waals surface area contributed by atoms with Gasteiger partial charge in [0.05, 0.1) is 24.5 Å². The van der Waals surface area contributed by atoms with Crippen molar-refractivity contribution < 1.29 is 9.53 Å². The molecular formula is C24H27N3O2. The molecule has 0 saturated carbocycles. The number of nitrogens with one attached hydrogen (secondary N) is 1. The topological polar surface area (TPSA) is 46.5 Å². The van der Waals surface area contributed by atoms with Gasteiger partial charge in [-0.2, -0.15) is 0 Å². The quantitative estimate of drug-likeness (QED) is 0.702. The standard InChI is InChI=1S/C24H27N3O2/c1-19-22(24(28)25-12-13-26-14-16-29-17-15-26)18-23(20-8-4-2-5-9-20)27(19)21-10-6-3-7-11-21/h2-11,18H,12-17H2,1H3,(H,25,28). The lowest BCUT2D eigenvalue weighted by molar-refractivity contribution is 0.0383. The summed E-state index contributed by atoms with van der Waals surface area (Å²) in [6, 6.07) is 22.4. The number of aromatic nitrogens is 1. The number of hydrogen-bond donors (Lipinski definition) is 1. The third-order valence-electron chi connectivity index (χ3n) is 5.39. The second kappa shape index (κ2) is 9.07. The Kier molecular flexibility index (Phi) is 6.08. The number of nitrogens with zero attached hydrogens (tertiary/aromatic N) is 2. The number of benzene rings is 2. The first-order valence-electron chi connectivity index (χ1n) is 10.2. The van der Waals surface area contributed by atoms with Crippen molar-refractivity contribution in [2.75, 3.05) is 39.4 Å². The van der Waals surface area contributed by atoms with Gasteiger partial charge in [0.25, 0.3) is 5.91 Å². The molecule has 3 aromatic rings. The second-order valence-electron chi connectivity index (χ2n) is 7.28. The van der Waals surface area contributed by atoms with E-state index in [2.05, 4.69) is 39.0 Å². The smallest absolute Gasteiger partial charge is 0.253 e. The molecule has 0 radical (unpaired) electrons. The number of rotatable bonds is 6. The Hall–Kier alpha value is -2.89. The highest BCUT2D eigenvalue weighted by atomic mass is 16.5. The molecule has 4 rings (SSSR count). The van der Waals surface area contributed by atoms with Gasteiger partial charge in [-0.05, 0) is 30.7 Å². The highest BCUT2D eigenvalue weighted by molar-refractivity contribution is 5.97. The van der Waals surface area contributed by atoms with E-state index in [9.17, 15) is 4.79 Å². The van der Waals surface area contributed by atoms with Crippen molar-refractivity contribution in [1.82, 2.24) is 14.8 Å². The van der Waals surface area contributed by atoms with Gasteiger partial charge < -0.3 is 14.6 Å². The highest BCUT2D eigenvalue weighted by Gasteiger charge is 2.19. The molecule has 1 aliphatic heterocycles. The van der Waals surface area contributed by atoms with Crippen LogP contribution in [0.5, 0.6) is 0 Å². The molecule has 2 aromatic carbocycles. The van der Waals surface area contributed by atoms with Gasteiger partial charge >= 0.3 is 0 Å². The molecule has 1 aliphatic rings. The number of para-hydroxylation sites is 1. The normalized spacial score (nSPS) is 14.7. The maximum Gasteiger partial charge on any atom is 0.253 e. The van der Waals surface area contributed by atoms with E-state index in [1.54, 1.807) is 0 Å². The van der Waals surface area contributed by atoms with Gasteiger partial charge in [0.2, 0.25) is 0 Å². The average molecular weight is 389 g/mol. The SMILES string of the molecule is Cc1c(C(=O)NCCN2CCOCC2)cc(-c2ccccc2)n1-c1ccccc1. The molecule has 0 bridgehead atoms. The summed E-state index contributed by atoms with van der Waals surface area (Å²) >= 11 is 0. The Morgan fingerprint density at radius 3 is 2.34 bits per heavy atom. The van der Waals surface area contributed by atoms with Gasteiger partial charge in [0.15, 0.2) is 0 Å². The molecule has 2 heterocycles. The lowest BCUT2D eigenvalue weighted by Crippen LogP contribution is -2.41. The molecule has 150 valence electrons. The number of amides is 1. The van der Waals surface area contributed by atoms with Crippen LogP contribution < -0.4 is 5.32 Å². The Morgan fingerprint density at radius 1 is 1.00 bits per heavy atom. The molecule has 29 heavy (non-hydrogen) atoms. The predicted octanol–water partition coefficient (Wildman–Crippen LogP) is 3.51. The minimum Gasteiger partial charge on any atom is -0.379 e. The van der Waals surface area contributed by atoms with Crippen LogP contribution in [0.15, 0.2) is 66.7 Å². The molecule has 0 aliphatic carbocycles. The largest absolute Gasteiger partial charge is 0.379 e. The summed E-state index contributed by atoms with van der Waals surface area (Å²) in [6.07, 6.45) is 0. The van der Waals surface area contributed by atoms with Gasteiger partial charge in [-0.3, -0.25) is 9.69 Å². The Morgan fingerprint density at radius 2 is 1.66 bits per heavy atom. The summed E-state index contributed by atoms with van der Waals surface area (Å²) in [5.41, 5.74) is 4.82. The first-order valence-corrected chi connectivity index (χ1v) is 10.2. The monoisotopic (exact) mass is 389 g/mol. The van der Waals surface area contributed by atoms with Crippen molar-refractivity contribution >= 4 is 5.91 Å². The van der Waals surface area contributed by atoms with E-state index in [1.807, 2.05) is 49.4 Å². The molecule has 1 N–H and O–H groups in total. The fourth-order valence-corrected chi connectivity index (χ4v) is 3.82. The van der Waals surface area contributed by atoms with Crippen LogP contribution in [0.4, 0.5) is 0 Å². The minimum atomic E-state index is -0.0254. The van der Waals surface area contributed by atoms with E-state index in [4.69, 9.17) is 4.74 Å². The first kappa shape index (κ1) is 19.4. The van der Waals surface area contributed by atoms with E-state index in [1.165, 1.54) is 0 Å². The number of carbonyl (C=O) groups excluding carboxylic acids is 1. The Labute approximate surface area is 171 Å². The molecule has 1 fully saturated rings. The molecular weight excluding hydrogens is 362 g/mol. The first-order chi connectivity index (χ1) is 14.2. The molecule has 1 saturated heterocycles. The average Bonchev–Trinajstić information content (AvgIpc) is 3.13. The van der Waals surface area contributed by atoms with Crippen LogP contribution in [0.3, 0.4) is 0 Å². The van der Waals surface area contributed by atoms with Gasteiger partial charge in [-0.25, -0.2) is 0 Å². The fraction of sp³-hybridized carbons (Fsp3) is 0.292. The molecule has 5 heteroatoms.